The van der Waals surface area contributed by atoms with Crippen molar-refractivity contribution >= 4 is 34.6 Å². The maximum Gasteiger partial charge on any atom is 0.353 e. The first-order chi connectivity index (χ1) is 14.0. The van der Waals surface area contributed by atoms with E-state index in [1.165, 1.54) is 13.3 Å². The highest BCUT2D eigenvalue weighted by molar-refractivity contribution is 5.89. The van der Waals surface area contributed by atoms with E-state index in [4.69, 9.17) is 0 Å². The Morgan fingerprint density at radius 1 is 1.17 bits per heavy atom. The largest absolute Gasteiger partial charge is 0.364 e. The lowest BCUT2D eigenvalue weighted by Crippen LogP contribution is -2.11. The fourth-order valence-corrected chi connectivity index (χ4v) is 2.64. The molecule has 0 unspecified atom stereocenters. The molecule has 29 heavy (non-hydrogen) atoms. The van der Waals surface area contributed by atoms with Crippen molar-refractivity contribution in [3.63, 3.8) is 0 Å². The number of hydrogen-bond acceptors (Lipinski definition) is 8. The second-order valence-corrected chi connectivity index (χ2v) is 6.14. The lowest BCUT2D eigenvalue weighted by molar-refractivity contribution is -0.383. The summed E-state index contributed by atoms with van der Waals surface area (Å²) in [6.45, 7) is 2.65. The molecular weight excluding hydrogens is 376 g/mol. The van der Waals surface area contributed by atoms with E-state index >= 15 is 0 Å². The molecule has 0 saturated heterocycles. The minimum Gasteiger partial charge on any atom is -0.364 e. The fourth-order valence-electron chi connectivity index (χ4n) is 2.64. The molecule has 2 heterocycles. The second kappa shape index (κ2) is 9.26. The monoisotopic (exact) mass is 396 g/mol. The topological polar surface area (TPSA) is 140 Å². The number of imidazole rings is 1. The molecule has 0 aliphatic carbocycles. The van der Waals surface area contributed by atoms with Crippen LogP contribution in [0.3, 0.4) is 0 Å². The molecule has 0 atom stereocenters. The predicted molar refractivity (Wildman–Crippen MR) is 108 cm³/mol. The minimum atomic E-state index is -0.522. The van der Waals surface area contributed by atoms with Gasteiger partial charge in [-0.3, -0.25) is 14.9 Å². The summed E-state index contributed by atoms with van der Waals surface area (Å²) in [7, 11) is 0. The van der Waals surface area contributed by atoms with Crippen molar-refractivity contribution in [2.45, 2.75) is 19.9 Å². The summed E-state index contributed by atoms with van der Waals surface area (Å²) in [6, 6.07) is 6.75. The first kappa shape index (κ1) is 19.7. The third-order valence-corrected chi connectivity index (χ3v) is 3.92. The zero-order chi connectivity index (χ0) is 20.6. The highest BCUT2D eigenvalue weighted by Crippen LogP contribution is 2.31. The lowest BCUT2D eigenvalue weighted by Gasteiger charge is -2.11. The van der Waals surface area contributed by atoms with Gasteiger partial charge in [0.2, 0.25) is 17.5 Å². The standard InChI is InChI=1S/C18H20N8O3/c1-13(27)23-14-3-5-15(6-4-14)24-18-16(26(28)29)17(21-11-22-18)20-7-2-9-25-10-8-19-12-25/h3-6,8,10-12H,2,7,9H2,1H3,(H,23,27)(H2,20,21,22,24). The first-order valence-corrected chi connectivity index (χ1v) is 8.86. The summed E-state index contributed by atoms with van der Waals surface area (Å²) in [5, 5.41) is 20.2. The van der Waals surface area contributed by atoms with Crippen molar-refractivity contribution in [2.24, 2.45) is 0 Å². The summed E-state index contributed by atoms with van der Waals surface area (Å²) < 4.78 is 1.92. The van der Waals surface area contributed by atoms with E-state index in [2.05, 4.69) is 30.9 Å². The smallest absolute Gasteiger partial charge is 0.353 e. The van der Waals surface area contributed by atoms with Crippen LogP contribution >= 0.6 is 0 Å². The van der Waals surface area contributed by atoms with Crippen molar-refractivity contribution in [2.75, 3.05) is 22.5 Å². The molecule has 3 N–H and O–H groups in total. The quantitative estimate of drug-likeness (QED) is 0.285. The Kier molecular flexibility index (Phi) is 6.30. The lowest BCUT2D eigenvalue weighted by atomic mass is 10.2. The Bertz CT molecular complexity index is 973. The number of aryl methyl sites for hydroxylation is 1. The number of benzene rings is 1. The Hall–Kier alpha value is -4.02. The zero-order valence-electron chi connectivity index (χ0n) is 15.7. The van der Waals surface area contributed by atoms with E-state index in [1.807, 2.05) is 10.8 Å². The van der Waals surface area contributed by atoms with E-state index in [9.17, 15) is 14.9 Å². The summed E-state index contributed by atoms with van der Waals surface area (Å²) >= 11 is 0. The van der Waals surface area contributed by atoms with Crippen molar-refractivity contribution in [1.82, 2.24) is 19.5 Å². The molecule has 0 fully saturated rings. The SMILES string of the molecule is CC(=O)Nc1ccc(Nc2ncnc(NCCCn3ccnc3)c2[N+](=O)[O-])cc1. The fraction of sp³-hybridized carbons (Fsp3) is 0.222. The first-order valence-electron chi connectivity index (χ1n) is 8.86. The van der Waals surface area contributed by atoms with Crippen LogP contribution in [0.4, 0.5) is 28.7 Å². The van der Waals surface area contributed by atoms with Gasteiger partial charge in [-0.05, 0) is 30.7 Å². The third kappa shape index (κ3) is 5.48. The van der Waals surface area contributed by atoms with Gasteiger partial charge in [0.15, 0.2) is 0 Å². The molecule has 11 nitrogen and oxygen atoms in total. The zero-order valence-corrected chi connectivity index (χ0v) is 15.7. The molecule has 0 radical (unpaired) electrons. The van der Waals surface area contributed by atoms with Gasteiger partial charge in [0.1, 0.15) is 6.33 Å². The minimum absolute atomic E-state index is 0.0781. The molecule has 0 aliphatic heterocycles. The third-order valence-electron chi connectivity index (χ3n) is 3.92. The summed E-state index contributed by atoms with van der Waals surface area (Å²) in [5.41, 5.74) is 0.980. The maximum absolute atomic E-state index is 11.6. The summed E-state index contributed by atoms with van der Waals surface area (Å²) in [4.78, 5) is 34.2. The van der Waals surface area contributed by atoms with Gasteiger partial charge in [0.25, 0.3) is 0 Å². The van der Waals surface area contributed by atoms with Gasteiger partial charge in [-0.2, -0.15) is 0 Å². The number of aromatic nitrogens is 4. The van der Waals surface area contributed by atoms with Gasteiger partial charge in [-0.1, -0.05) is 0 Å². The van der Waals surface area contributed by atoms with Crippen molar-refractivity contribution in [3.05, 3.63) is 59.4 Å². The van der Waals surface area contributed by atoms with Crippen LogP contribution in [0.25, 0.3) is 0 Å². The van der Waals surface area contributed by atoms with Crippen LogP contribution in [0.15, 0.2) is 49.3 Å². The number of rotatable bonds is 9. The molecule has 1 amide bonds. The number of carbonyl (C=O) groups excluding carboxylic acids is 1. The predicted octanol–water partition coefficient (Wildman–Crippen LogP) is 2.79. The molecule has 0 saturated carbocycles. The molecule has 1 aromatic carbocycles. The second-order valence-electron chi connectivity index (χ2n) is 6.14. The molecule has 2 aromatic heterocycles. The van der Waals surface area contributed by atoms with Crippen LogP contribution in [0.2, 0.25) is 0 Å². The highest BCUT2D eigenvalue weighted by Gasteiger charge is 2.22. The van der Waals surface area contributed by atoms with Crippen LogP contribution in [0.1, 0.15) is 13.3 Å². The van der Waals surface area contributed by atoms with Gasteiger partial charge in [0.05, 0.1) is 11.3 Å². The van der Waals surface area contributed by atoms with Gasteiger partial charge in [0, 0.05) is 43.8 Å². The van der Waals surface area contributed by atoms with Crippen molar-refractivity contribution in [1.29, 1.82) is 0 Å². The van der Waals surface area contributed by atoms with E-state index in [-0.39, 0.29) is 23.2 Å². The van der Waals surface area contributed by atoms with Crippen LogP contribution in [-0.2, 0) is 11.3 Å². The number of hydrogen-bond donors (Lipinski definition) is 3. The van der Waals surface area contributed by atoms with E-state index in [0.717, 1.165) is 13.0 Å². The highest BCUT2D eigenvalue weighted by atomic mass is 16.6. The molecule has 0 aliphatic rings. The van der Waals surface area contributed by atoms with Gasteiger partial charge < -0.3 is 20.5 Å². The number of nitro groups is 1. The van der Waals surface area contributed by atoms with Crippen molar-refractivity contribution in [3.8, 4) is 0 Å². The van der Waals surface area contributed by atoms with Crippen LogP contribution < -0.4 is 16.0 Å². The molecule has 3 rings (SSSR count). The molecule has 0 spiro atoms. The Balaban J connectivity index is 1.69. The number of nitrogens with zero attached hydrogens (tertiary/aromatic N) is 5. The van der Waals surface area contributed by atoms with Gasteiger partial charge in [-0.25, -0.2) is 15.0 Å². The van der Waals surface area contributed by atoms with Crippen LogP contribution in [0, 0.1) is 10.1 Å². The number of amides is 1. The molecule has 0 bridgehead atoms. The summed E-state index contributed by atoms with van der Waals surface area (Å²) in [6.07, 6.45) is 7.27. The van der Waals surface area contributed by atoms with Crippen LogP contribution in [-0.4, -0.2) is 36.9 Å². The Morgan fingerprint density at radius 2 is 1.90 bits per heavy atom. The number of nitrogens with one attached hydrogen (secondary N) is 3. The average molecular weight is 396 g/mol. The van der Waals surface area contributed by atoms with Gasteiger partial charge in [-0.15, -0.1) is 0 Å². The van der Waals surface area contributed by atoms with Crippen molar-refractivity contribution < 1.29 is 9.72 Å². The van der Waals surface area contributed by atoms with E-state index in [0.29, 0.717) is 17.9 Å². The molecule has 11 heteroatoms. The number of carbonyl (C=O) groups is 1. The molecule has 3 aromatic rings. The normalized spacial score (nSPS) is 10.4. The molecular formula is C18H20N8O3. The van der Waals surface area contributed by atoms with Gasteiger partial charge >= 0.3 is 5.69 Å². The molecule has 150 valence electrons. The van der Waals surface area contributed by atoms with E-state index in [1.54, 1.807) is 36.8 Å². The maximum atomic E-state index is 11.6. The van der Waals surface area contributed by atoms with Crippen LogP contribution in [0.5, 0.6) is 0 Å². The Morgan fingerprint density at radius 3 is 2.55 bits per heavy atom. The average Bonchev–Trinajstić information content (AvgIpc) is 3.20. The van der Waals surface area contributed by atoms with E-state index < -0.39 is 4.92 Å². The Labute approximate surface area is 166 Å². The number of anilines is 4. The summed E-state index contributed by atoms with van der Waals surface area (Å²) in [5.74, 6) is 0.0447.